The van der Waals surface area contributed by atoms with Gasteiger partial charge < -0.3 is 15.2 Å². The molecule has 0 fully saturated rings. The molecular weight excluding hydrogens is 318 g/mol. The maximum absolute atomic E-state index is 11.5. The molecule has 7 nitrogen and oxygen atoms in total. The zero-order valence-corrected chi connectivity index (χ0v) is 14.3. The molecule has 0 heterocycles. The van der Waals surface area contributed by atoms with E-state index >= 15 is 0 Å². The summed E-state index contributed by atoms with van der Waals surface area (Å²) >= 11 is 1.33. The van der Waals surface area contributed by atoms with Gasteiger partial charge in [0.1, 0.15) is 21.5 Å². The number of thioether (sulfide) groups is 1. The van der Waals surface area contributed by atoms with Crippen LogP contribution in [-0.4, -0.2) is 60.7 Å². The standard InChI is InChI=1S/C12H23NO6S2/c1-12(2,3)19-11(16)13-9(10(14)15)5-6-20-7-8-21(4,17)18/h9H,5-8H2,1-4H3,(H,13,16)(H,14,15). The number of hydrogen-bond donors (Lipinski definition) is 2. The SMILES string of the molecule is CC(C)(C)OC(=O)NC(CCSCCS(C)(=O)=O)C(=O)O. The van der Waals surface area contributed by atoms with Crippen LogP contribution in [0.4, 0.5) is 4.79 Å². The molecule has 0 aromatic carbocycles. The lowest BCUT2D eigenvalue weighted by Gasteiger charge is -2.21. The van der Waals surface area contributed by atoms with Crippen molar-refractivity contribution in [3.05, 3.63) is 0 Å². The summed E-state index contributed by atoms with van der Waals surface area (Å²) in [7, 11) is -3.01. The maximum Gasteiger partial charge on any atom is 0.408 e. The summed E-state index contributed by atoms with van der Waals surface area (Å²) in [6, 6.07) is -1.05. The van der Waals surface area contributed by atoms with Crippen LogP contribution in [0.1, 0.15) is 27.2 Å². The lowest BCUT2D eigenvalue weighted by Crippen LogP contribution is -2.43. The Hall–Kier alpha value is -0.960. The van der Waals surface area contributed by atoms with Gasteiger partial charge in [-0.1, -0.05) is 0 Å². The highest BCUT2D eigenvalue weighted by atomic mass is 32.2. The molecule has 1 atom stereocenters. The van der Waals surface area contributed by atoms with Crippen LogP contribution in [0.2, 0.25) is 0 Å². The van der Waals surface area contributed by atoms with Crippen molar-refractivity contribution in [3.63, 3.8) is 0 Å². The molecule has 124 valence electrons. The van der Waals surface area contributed by atoms with Crippen molar-refractivity contribution in [1.82, 2.24) is 5.32 Å². The average Bonchev–Trinajstić information content (AvgIpc) is 2.22. The van der Waals surface area contributed by atoms with E-state index in [9.17, 15) is 18.0 Å². The van der Waals surface area contributed by atoms with Gasteiger partial charge in [0.25, 0.3) is 0 Å². The monoisotopic (exact) mass is 341 g/mol. The zero-order chi connectivity index (χ0) is 16.7. The second-order valence-corrected chi connectivity index (χ2v) is 9.05. The molecule has 1 amide bonds. The first-order chi connectivity index (χ1) is 9.41. The number of rotatable bonds is 8. The fraction of sp³-hybridized carbons (Fsp3) is 0.833. The zero-order valence-electron chi connectivity index (χ0n) is 12.7. The second-order valence-electron chi connectivity index (χ2n) is 5.57. The van der Waals surface area contributed by atoms with E-state index < -0.39 is 33.5 Å². The van der Waals surface area contributed by atoms with E-state index in [0.717, 1.165) is 6.26 Å². The quantitative estimate of drug-likeness (QED) is 0.637. The molecule has 21 heavy (non-hydrogen) atoms. The van der Waals surface area contributed by atoms with Gasteiger partial charge >= 0.3 is 12.1 Å². The van der Waals surface area contributed by atoms with Crippen LogP contribution in [0.5, 0.6) is 0 Å². The second kappa shape index (κ2) is 8.47. The van der Waals surface area contributed by atoms with Crippen LogP contribution in [0.15, 0.2) is 0 Å². The molecule has 0 aromatic rings. The fourth-order valence-electron chi connectivity index (χ4n) is 1.22. The van der Waals surface area contributed by atoms with E-state index in [-0.39, 0.29) is 12.2 Å². The number of carboxylic acids is 1. The third-order valence-electron chi connectivity index (χ3n) is 2.14. The summed E-state index contributed by atoms with van der Waals surface area (Å²) in [5, 5.41) is 11.3. The van der Waals surface area contributed by atoms with Crippen molar-refractivity contribution >= 4 is 33.7 Å². The predicted molar refractivity (Wildman–Crippen MR) is 82.4 cm³/mol. The predicted octanol–water partition coefficient (Wildman–Crippen LogP) is 1.13. The van der Waals surface area contributed by atoms with E-state index in [0.29, 0.717) is 11.5 Å². The molecule has 0 spiro atoms. The molecule has 2 N–H and O–H groups in total. The lowest BCUT2D eigenvalue weighted by molar-refractivity contribution is -0.139. The van der Waals surface area contributed by atoms with E-state index in [2.05, 4.69) is 5.32 Å². The van der Waals surface area contributed by atoms with Gasteiger partial charge in [-0.25, -0.2) is 18.0 Å². The van der Waals surface area contributed by atoms with Crippen molar-refractivity contribution < 1.29 is 27.9 Å². The normalized spacial score (nSPS) is 13.5. The lowest BCUT2D eigenvalue weighted by atomic mass is 10.2. The van der Waals surface area contributed by atoms with Gasteiger partial charge in [0.2, 0.25) is 0 Å². The van der Waals surface area contributed by atoms with Crippen LogP contribution in [-0.2, 0) is 19.4 Å². The number of carbonyl (C=O) groups excluding carboxylic acids is 1. The summed E-state index contributed by atoms with van der Waals surface area (Å²) in [6.07, 6.45) is 0.566. The topological polar surface area (TPSA) is 110 Å². The summed E-state index contributed by atoms with van der Waals surface area (Å²) in [6.45, 7) is 5.05. The van der Waals surface area contributed by atoms with Crippen LogP contribution in [0.25, 0.3) is 0 Å². The summed E-state index contributed by atoms with van der Waals surface area (Å²) in [5.74, 6) is -0.265. The molecule has 0 aliphatic rings. The Balaban J connectivity index is 4.15. The molecule has 0 rings (SSSR count). The Kier molecular flexibility index (Phi) is 8.09. The van der Waals surface area contributed by atoms with Crippen molar-refractivity contribution in [2.24, 2.45) is 0 Å². The molecular formula is C12H23NO6S2. The maximum atomic E-state index is 11.5. The molecule has 0 saturated heterocycles. The number of sulfone groups is 1. The first-order valence-corrected chi connectivity index (χ1v) is 9.60. The molecule has 0 aliphatic carbocycles. The van der Waals surface area contributed by atoms with Crippen molar-refractivity contribution in [2.75, 3.05) is 23.5 Å². The van der Waals surface area contributed by atoms with E-state index in [1.54, 1.807) is 20.8 Å². The van der Waals surface area contributed by atoms with Gasteiger partial charge in [0.15, 0.2) is 0 Å². The number of nitrogens with one attached hydrogen (secondary N) is 1. The molecule has 0 saturated carbocycles. The Morgan fingerprint density at radius 3 is 2.29 bits per heavy atom. The third kappa shape index (κ3) is 12.5. The van der Waals surface area contributed by atoms with Crippen molar-refractivity contribution in [1.29, 1.82) is 0 Å². The number of carboxylic acid groups (broad SMARTS) is 1. The van der Waals surface area contributed by atoms with Gasteiger partial charge in [-0.15, -0.1) is 0 Å². The first-order valence-electron chi connectivity index (χ1n) is 6.38. The Bertz CT molecular complexity index is 455. The average molecular weight is 341 g/mol. The van der Waals surface area contributed by atoms with Gasteiger partial charge in [0.05, 0.1) is 5.75 Å². The fourth-order valence-corrected chi connectivity index (χ4v) is 3.51. The van der Waals surface area contributed by atoms with E-state index in [1.807, 2.05) is 0 Å². The third-order valence-corrected chi connectivity index (χ3v) is 4.36. The van der Waals surface area contributed by atoms with E-state index in [4.69, 9.17) is 9.84 Å². The minimum atomic E-state index is -3.01. The Morgan fingerprint density at radius 1 is 1.29 bits per heavy atom. The molecule has 0 aliphatic heterocycles. The minimum absolute atomic E-state index is 0.0505. The van der Waals surface area contributed by atoms with Crippen LogP contribution in [0.3, 0.4) is 0 Å². The highest BCUT2D eigenvalue weighted by molar-refractivity contribution is 8.00. The number of hydrogen-bond acceptors (Lipinski definition) is 6. The van der Waals surface area contributed by atoms with Gasteiger partial charge in [-0.2, -0.15) is 11.8 Å². The Morgan fingerprint density at radius 2 is 1.86 bits per heavy atom. The van der Waals surface area contributed by atoms with Crippen LogP contribution >= 0.6 is 11.8 Å². The number of alkyl carbamates (subject to hydrolysis) is 1. The summed E-state index contributed by atoms with van der Waals surface area (Å²) in [5.41, 5.74) is -0.697. The van der Waals surface area contributed by atoms with Crippen LogP contribution in [0, 0.1) is 0 Å². The molecule has 1 unspecified atom stereocenters. The Labute approximate surface area is 129 Å². The highest BCUT2D eigenvalue weighted by Gasteiger charge is 2.23. The summed E-state index contributed by atoms with van der Waals surface area (Å²) in [4.78, 5) is 22.6. The number of carbonyl (C=O) groups is 2. The largest absolute Gasteiger partial charge is 0.480 e. The molecule has 0 radical (unpaired) electrons. The molecule has 0 aromatic heterocycles. The smallest absolute Gasteiger partial charge is 0.408 e. The van der Waals surface area contributed by atoms with Gasteiger partial charge in [-0.05, 0) is 32.9 Å². The van der Waals surface area contributed by atoms with E-state index in [1.165, 1.54) is 11.8 Å². The number of ether oxygens (including phenoxy) is 1. The molecule has 9 heteroatoms. The van der Waals surface area contributed by atoms with Gasteiger partial charge in [-0.3, -0.25) is 0 Å². The minimum Gasteiger partial charge on any atom is -0.480 e. The highest BCUT2D eigenvalue weighted by Crippen LogP contribution is 2.09. The number of aliphatic carboxylic acids is 1. The van der Waals surface area contributed by atoms with Gasteiger partial charge in [0, 0.05) is 12.0 Å². The van der Waals surface area contributed by atoms with Crippen molar-refractivity contribution in [3.8, 4) is 0 Å². The van der Waals surface area contributed by atoms with Crippen molar-refractivity contribution in [2.45, 2.75) is 38.8 Å². The molecule has 0 bridgehead atoms. The summed E-state index contributed by atoms with van der Waals surface area (Å²) < 4.78 is 26.9. The first kappa shape index (κ1) is 20.0. The van der Waals surface area contributed by atoms with Crippen LogP contribution < -0.4 is 5.32 Å². The number of amides is 1.